The van der Waals surface area contributed by atoms with E-state index in [1.807, 2.05) is 11.9 Å². The molecule has 1 amide bonds. The molecule has 3 aliphatic rings. The van der Waals surface area contributed by atoms with Crippen molar-refractivity contribution in [3.63, 3.8) is 0 Å². The van der Waals surface area contributed by atoms with Gasteiger partial charge in [0.05, 0.1) is 21.8 Å². The lowest BCUT2D eigenvalue weighted by molar-refractivity contribution is -0.167. The number of benzene rings is 3. The number of halogens is 6. The van der Waals surface area contributed by atoms with Crippen LogP contribution in [0.3, 0.4) is 0 Å². The molecule has 7 nitrogen and oxygen atoms in total. The highest BCUT2D eigenvalue weighted by atomic mass is 32.2. The molecule has 3 atom stereocenters. The van der Waals surface area contributed by atoms with Crippen molar-refractivity contribution in [3.05, 3.63) is 101 Å². The second-order valence-electron chi connectivity index (χ2n) is 13.6. The maximum atomic E-state index is 15.3. The smallest absolute Gasteiger partial charge is 0.339 e. The van der Waals surface area contributed by atoms with Crippen LogP contribution in [0, 0.1) is 0 Å². The average Bonchev–Trinajstić information content (AvgIpc) is 3.51. The Morgan fingerprint density at radius 2 is 1.57 bits per heavy atom. The van der Waals surface area contributed by atoms with Crippen LogP contribution in [0.1, 0.15) is 74.2 Å². The van der Waals surface area contributed by atoms with Crippen LogP contribution in [0.25, 0.3) is 5.70 Å². The van der Waals surface area contributed by atoms with Gasteiger partial charge in [-0.3, -0.25) is 14.7 Å². The van der Waals surface area contributed by atoms with Gasteiger partial charge < -0.3 is 5.32 Å². The Morgan fingerprint density at radius 1 is 0.882 bits per heavy atom. The van der Waals surface area contributed by atoms with Gasteiger partial charge in [0, 0.05) is 43.1 Å². The lowest BCUT2D eigenvalue weighted by atomic mass is 9.74. The first-order valence-electron chi connectivity index (χ1n) is 16.9. The molecule has 0 radical (unpaired) electrons. The number of carbonyl (C=O) groups excluding carboxylic acids is 1. The Morgan fingerprint density at radius 3 is 2.16 bits per heavy atom. The monoisotopic (exact) mass is 734 g/mol. The summed E-state index contributed by atoms with van der Waals surface area (Å²) in [5.74, 6) is -1.06. The number of hydrazine groups is 1. The molecule has 0 aromatic heterocycles. The number of anilines is 1. The summed E-state index contributed by atoms with van der Waals surface area (Å²) in [4.78, 5) is 16.9. The molecule has 3 aromatic carbocycles. The van der Waals surface area contributed by atoms with Crippen molar-refractivity contribution in [3.8, 4) is 0 Å². The van der Waals surface area contributed by atoms with Gasteiger partial charge in [0.25, 0.3) is 0 Å². The molecule has 14 heteroatoms. The zero-order valence-electron chi connectivity index (χ0n) is 28.5. The number of sulfone groups is 1. The molecule has 3 aliphatic heterocycles. The quantitative estimate of drug-likeness (QED) is 0.250. The predicted octanol–water partition coefficient (Wildman–Crippen LogP) is 7.86. The van der Waals surface area contributed by atoms with E-state index in [-0.39, 0.29) is 45.4 Å². The summed E-state index contributed by atoms with van der Waals surface area (Å²) in [5.41, 5.74) is -2.22. The summed E-state index contributed by atoms with van der Waals surface area (Å²) >= 11 is 0. The van der Waals surface area contributed by atoms with Gasteiger partial charge in [0.1, 0.15) is 0 Å². The number of likely N-dealkylation sites (tertiary alicyclic amines) is 1. The second kappa shape index (κ2) is 13.6. The number of nitrogens with one attached hydrogen (secondary N) is 1. The topological polar surface area (TPSA) is 73.0 Å². The summed E-state index contributed by atoms with van der Waals surface area (Å²) < 4.78 is 113. The maximum Gasteiger partial charge on any atom is 0.416 e. The molecule has 2 saturated heterocycles. The molecular formula is C37H40F6N4O3S. The molecule has 1 N–H and O–H groups in total. The van der Waals surface area contributed by atoms with Gasteiger partial charge in [-0.05, 0) is 81.0 Å². The number of amides is 1. The molecule has 0 saturated carbocycles. The highest BCUT2D eigenvalue weighted by molar-refractivity contribution is 7.90. The first-order chi connectivity index (χ1) is 24.0. The minimum Gasteiger partial charge on any atom is -0.339 e. The second-order valence-corrected chi connectivity index (χ2v) is 15.6. The summed E-state index contributed by atoms with van der Waals surface area (Å²) in [6, 6.07) is 13.1. The van der Waals surface area contributed by atoms with Gasteiger partial charge in [-0.15, -0.1) is 0 Å². The molecular weight excluding hydrogens is 694 g/mol. The molecule has 2 fully saturated rings. The van der Waals surface area contributed by atoms with Crippen molar-refractivity contribution in [1.29, 1.82) is 0 Å². The number of hydrogen-bond acceptors (Lipinski definition) is 6. The van der Waals surface area contributed by atoms with Crippen molar-refractivity contribution in [2.45, 2.75) is 80.8 Å². The highest BCUT2D eigenvalue weighted by Crippen LogP contribution is 2.54. The lowest BCUT2D eigenvalue weighted by Gasteiger charge is -2.53. The third-order valence-corrected chi connectivity index (χ3v) is 11.4. The van der Waals surface area contributed by atoms with Gasteiger partial charge in [-0.25, -0.2) is 13.4 Å². The van der Waals surface area contributed by atoms with Gasteiger partial charge in [0.15, 0.2) is 21.4 Å². The van der Waals surface area contributed by atoms with E-state index in [4.69, 9.17) is 0 Å². The third kappa shape index (κ3) is 6.77. The Labute approximate surface area is 293 Å². The van der Waals surface area contributed by atoms with E-state index in [1.165, 1.54) is 54.6 Å². The fraction of sp³-hybridized carbons (Fsp3) is 0.432. The Hall–Kier alpha value is -3.88. The predicted molar refractivity (Wildman–Crippen MR) is 182 cm³/mol. The van der Waals surface area contributed by atoms with Crippen LogP contribution in [0.15, 0.2) is 83.3 Å². The summed E-state index contributed by atoms with van der Waals surface area (Å²) in [6.45, 7) is 4.68. The maximum absolute atomic E-state index is 15.3. The third-order valence-electron chi connectivity index (χ3n) is 10.3. The van der Waals surface area contributed by atoms with E-state index in [0.29, 0.717) is 31.6 Å². The van der Waals surface area contributed by atoms with Crippen LogP contribution < -0.4 is 10.3 Å². The number of rotatable bonds is 7. The number of piperidine rings is 1. The molecule has 0 spiro atoms. The molecule has 6 rings (SSSR count). The molecule has 3 aromatic rings. The lowest BCUT2D eigenvalue weighted by Crippen LogP contribution is -2.62. The minimum atomic E-state index is -4.93. The van der Waals surface area contributed by atoms with Crippen LogP contribution in [0.2, 0.25) is 0 Å². The van der Waals surface area contributed by atoms with Gasteiger partial charge in [-0.2, -0.15) is 26.3 Å². The van der Waals surface area contributed by atoms with Crippen molar-refractivity contribution in [2.24, 2.45) is 0 Å². The van der Waals surface area contributed by atoms with Crippen LogP contribution in [-0.4, -0.2) is 62.3 Å². The molecule has 51 heavy (non-hydrogen) atoms. The molecule has 3 heterocycles. The number of fused-ring (bicyclic) bond motifs is 1. The van der Waals surface area contributed by atoms with E-state index < -0.39 is 45.2 Å². The Kier molecular flexibility index (Phi) is 9.83. The SMILES string of the molecule is CC1=C(c2cccc(C(F)(F)F)c2)N(N2CCCCC2)c2ccc(S(C)(=O)=O)cc2C1(C(=O)N[C@H](c1ccccc1)C(F)(F)F)N1CCC[C@H]1C. The number of nitrogens with zero attached hydrogens (tertiary/aromatic N) is 3. The van der Waals surface area contributed by atoms with Crippen molar-refractivity contribution >= 4 is 27.1 Å². The first-order valence-corrected chi connectivity index (χ1v) is 18.8. The molecule has 0 bridgehead atoms. The first kappa shape index (κ1) is 36.9. The number of hydrogen-bond donors (Lipinski definition) is 1. The van der Waals surface area contributed by atoms with Crippen molar-refractivity contribution in [1.82, 2.24) is 15.2 Å². The van der Waals surface area contributed by atoms with Gasteiger partial charge in [-0.1, -0.05) is 48.9 Å². The van der Waals surface area contributed by atoms with Crippen LogP contribution in [0.5, 0.6) is 0 Å². The summed E-state index contributed by atoms with van der Waals surface area (Å²) in [6.07, 6.45) is -5.01. The Bertz CT molecular complexity index is 1930. The number of carbonyl (C=O) groups is 1. The van der Waals surface area contributed by atoms with Crippen molar-refractivity contribution in [2.75, 3.05) is 30.9 Å². The average molecular weight is 735 g/mol. The minimum absolute atomic E-state index is 0.116. The van der Waals surface area contributed by atoms with Crippen LogP contribution >= 0.6 is 0 Å². The summed E-state index contributed by atoms with van der Waals surface area (Å²) in [5, 5.41) is 6.02. The summed E-state index contributed by atoms with van der Waals surface area (Å²) in [7, 11) is -3.89. The van der Waals surface area contributed by atoms with Crippen LogP contribution in [-0.2, 0) is 26.3 Å². The zero-order valence-corrected chi connectivity index (χ0v) is 29.3. The highest BCUT2D eigenvalue weighted by Gasteiger charge is 2.58. The molecule has 0 aliphatic carbocycles. The fourth-order valence-electron chi connectivity index (χ4n) is 7.89. The van der Waals surface area contributed by atoms with Gasteiger partial charge in [0.2, 0.25) is 5.91 Å². The largest absolute Gasteiger partial charge is 0.416 e. The van der Waals surface area contributed by atoms with E-state index in [1.54, 1.807) is 22.9 Å². The molecule has 274 valence electrons. The van der Waals surface area contributed by atoms with E-state index in [9.17, 15) is 34.8 Å². The number of alkyl halides is 6. The van der Waals surface area contributed by atoms with Crippen LogP contribution in [0.4, 0.5) is 32.0 Å². The van der Waals surface area contributed by atoms with Gasteiger partial charge >= 0.3 is 12.4 Å². The Balaban J connectivity index is 1.72. The zero-order chi connectivity index (χ0) is 36.9. The van der Waals surface area contributed by atoms with E-state index in [2.05, 4.69) is 5.32 Å². The van der Waals surface area contributed by atoms with E-state index in [0.717, 1.165) is 37.7 Å². The normalized spacial score (nSPS) is 22.9. The van der Waals surface area contributed by atoms with Crippen molar-refractivity contribution < 1.29 is 39.6 Å². The van der Waals surface area contributed by atoms with E-state index >= 15 is 4.79 Å². The fourth-order valence-corrected chi connectivity index (χ4v) is 8.53. The standard InChI is InChI=1S/C37H40F6N4O3S/c1-24-12-11-21-46(24)35(34(48)44-33(37(41,42)43)26-13-6-4-7-14-26)25(2)32(27-15-10-16-28(22-27)36(38,39)40)47(45-19-8-5-9-20-45)31-18-17-29(23-30(31)35)51(3,49)50/h4,6-7,10,13-18,22-24,33H,5,8-9,11-12,19-21H2,1-3H3,(H,44,48)/t24-,33-,35?/m1/s1. The molecule has 1 unspecified atom stereocenters.